The molecule has 1 fully saturated rings. The SMILES string of the molecule is CCC(CC)CC(O)[C@H]1C[C@@H]2C=C[C@H]1C2. The molecule has 2 rings (SSSR count). The molecule has 0 aliphatic heterocycles. The summed E-state index contributed by atoms with van der Waals surface area (Å²) in [6.45, 7) is 4.48. The van der Waals surface area contributed by atoms with Crippen molar-refractivity contribution in [1.29, 1.82) is 0 Å². The maximum absolute atomic E-state index is 10.3. The number of allylic oxidation sites excluding steroid dienone is 2. The minimum Gasteiger partial charge on any atom is -0.393 e. The molecule has 0 aromatic carbocycles. The zero-order chi connectivity index (χ0) is 10.8. The lowest BCUT2D eigenvalue weighted by Crippen LogP contribution is -2.26. The molecular weight excluding hydrogens is 184 g/mol. The lowest BCUT2D eigenvalue weighted by Gasteiger charge is -2.27. The van der Waals surface area contributed by atoms with E-state index in [-0.39, 0.29) is 6.10 Å². The lowest BCUT2D eigenvalue weighted by molar-refractivity contribution is 0.0677. The van der Waals surface area contributed by atoms with Crippen molar-refractivity contribution in [2.24, 2.45) is 23.7 Å². The normalized spacial score (nSPS) is 35.3. The quantitative estimate of drug-likeness (QED) is 0.687. The largest absolute Gasteiger partial charge is 0.393 e. The molecule has 0 aromatic rings. The fourth-order valence-electron chi connectivity index (χ4n) is 3.40. The summed E-state index contributed by atoms with van der Waals surface area (Å²) in [5, 5.41) is 10.3. The Morgan fingerprint density at radius 1 is 1.20 bits per heavy atom. The van der Waals surface area contributed by atoms with Crippen LogP contribution in [0.1, 0.15) is 46.0 Å². The van der Waals surface area contributed by atoms with Crippen molar-refractivity contribution in [2.75, 3.05) is 0 Å². The highest BCUT2D eigenvalue weighted by Gasteiger charge is 2.39. The molecule has 15 heavy (non-hydrogen) atoms. The number of hydrogen-bond donors (Lipinski definition) is 1. The Morgan fingerprint density at radius 3 is 2.40 bits per heavy atom. The smallest absolute Gasteiger partial charge is 0.0576 e. The van der Waals surface area contributed by atoms with Gasteiger partial charge in [-0.1, -0.05) is 38.8 Å². The summed E-state index contributed by atoms with van der Waals surface area (Å²) in [5.74, 6) is 2.78. The van der Waals surface area contributed by atoms with Gasteiger partial charge in [0.05, 0.1) is 6.10 Å². The van der Waals surface area contributed by atoms with Gasteiger partial charge in [0, 0.05) is 0 Å². The molecule has 0 heterocycles. The average molecular weight is 208 g/mol. The first-order chi connectivity index (χ1) is 7.24. The van der Waals surface area contributed by atoms with Crippen LogP contribution in [0.5, 0.6) is 0 Å². The molecule has 1 saturated carbocycles. The Labute approximate surface area is 93.6 Å². The van der Waals surface area contributed by atoms with E-state index >= 15 is 0 Å². The van der Waals surface area contributed by atoms with Crippen molar-refractivity contribution in [3.63, 3.8) is 0 Å². The molecule has 1 unspecified atom stereocenters. The Hall–Kier alpha value is -0.300. The van der Waals surface area contributed by atoms with E-state index in [1.54, 1.807) is 0 Å². The maximum Gasteiger partial charge on any atom is 0.0576 e. The molecule has 1 heteroatoms. The van der Waals surface area contributed by atoms with Gasteiger partial charge in [-0.05, 0) is 42.9 Å². The first kappa shape index (κ1) is 11.2. The van der Waals surface area contributed by atoms with E-state index in [4.69, 9.17) is 0 Å². The molecular formula is C14H24O. The van der Waals surface area contributed by atoms with E-state index in [0.717, 1.165) is 18.3 Å². The monoisotopic (exact) mass is 208 g/mol. The predicted octanol–water partition coefficient (Wildman–Crippen LogP) is 3.39. The number of aliphatic hydroxyl groups is 1. The van der Waals surface area contributed by atoms with Crippen LogP contribution in [0.25, 0.3) is 0 Å². The Kier molecular flexibility index (Phi) is 3.50. The molecule has 2 bridgehead atoms. The Balaban J connectivity index is 1.86. The van der Waals surface area contributed by atoms with E-state index in [2.05, 4.69) is 26.0 Å². The molecule has 2 aliphatic carbocycles. The molecule has 0 aromatic heterocycles. The van der Waals surface area contributed by atoms with Gasteiger partial charge in [0.2, 0.25) is 0 Å². The van der Waals surface area contributed by atoms with Crippen LogP contribution < -0.4 is 0 Å². The van der Waals surface area contributed by atoms with Crippen LogP contribution in [-0.2, 0) is 0 Å². The third-order valence-corrected chi connectivity index (χ3v) is 4.55. The summed E-state index contributed by atoms with van der Waals surface area (Å²) >= 11 is 0. The topological polar surface area (TPSA) is 20.2 Å². The first-order valence-electron chi connectivity index (χ1n) is 6.61. The van der Waals surface area contributed by atoms with Gasteiger partial charge in [0.25, 0.3) is 0 Å². The summed E-state index contributed by atoms with van der Waals surface area (Å²) in [7, 11) is 0. The van der Waals surface area contributed by atoms with E-state index in [1.165, 1.54) is 25.7 Å². The van der Waals surface area contributed by atoms with Gasteiger partial charge >= 0.3 is 0 Å². The van der Waals surface area contributed by atoms with Crippen LogP contribution in [0, 0.1) is 23.7 Å². The molecule has 1 N–H and O–H groups in total. The van der Waals surface area contributed by atoms with E-state index in [1.807, 2.05) is 0 Å². The highest BCUT2D eigenvalue weighted by atomic mass is 16.3. The highest BCUT2D eigenvalue weighted by Crippen LogP contribution is 2.46. The van der Waals surface area contributed by atoms with E-state index in [0.29, 0.717) is 11.8 Å². The maximum atomic E-state index is 10.3. The van der Waals surface area contributed by atoms with Crippen molar-refractivity contribution in [3.05, 3.63) is 12.2 Å². The van der Waals surface area contributed by atoms with Crippen LogP contribution >= 0.6 is 0 Å². The number of hydrogen-bond acceptors (Lipinski definition) is 1. The molecule has 0 radical (unpaired) electrons. The standard InChI is InChI=1S/C14H24O/c1-3-10(4-2)9-14(15)13-8-11-5-6-12(13)7-11/h5-6,10-15H,3-4,7-9H2,1-2H3/t11-,12+,13+,14?/m1/s1. The predicted molar refractivity (Wildman–Crippen MR) is 63.5 cm³/mol. The summed E-state index contributed by atoms with van der Waals surface area (Å²) < 4.78 is 0. The zero-order valence-corrected chi connectivity index (χ0v) is 10.0. The molecule has 2 aliphatic rings. The minimum absolute atomic E-state index is 0.0464. The van der Waals surface area contributed by atoms with Crippen LogP contribution in [0.4, 0.5) is 0 Å². The van der Waals surface area contributed by atoms with Crippen molar-refractivity contribution >= 4 is 0 Å². The van der Waals surface area contributed by atoms with Crippen LogP contribution in [0.2, 0.25) is 0 Å². The van der Waals surface area contributed by atoms with Crippen molar-refractivity contribution in [3.8, 4) is 0 Å². The van der Waals surface area contributed by atoms with Gasteiger partial charge < -0.3 is 5.11 Å². The second-order valence-electron chi connectivity index (χ2n) is 5.43. The first-order valence-corrected chi connectivity index (χ1v) is 6.61. The fraction of sp³-hybridized carbons (Fsp3) is 0.857. The molecule has 0 spiro atoms. The number of aliphatic hydroxyl groups excluding tert-OH is 1. The van der Waals surface area contributed by atoms with Crippen LogP contribution in [0.15, 0.2) is 12.2 Å². The van der Waals surface area contributed by atoms with Gasteiger partial charge in [-0.2, -0.15) is 0 Å². The van der Waals surface area contributed by atoms with Crippen molar-refractivity contribution < 1.29 is 5.11 Å². The van der Waals surface area contributed by atoms with Gasteiger partial charge in [-0.3, -0.25) is 0 Å². The molecule has 0 saturated heterocycles. The highest BCUT2D eigenvalue weighted by molar-refractivity contribution is 5.11. The summed E-state index contributed by atoms with van der Waals surface area (Å²) in [5.41, 5.74) is 0. The third-order valence-electron chi connectivity index (χ3n) is 4.55. The van der Waals surface area contributed by atoms with Gasteiger partial charge in [0.15, 0.2) is 0 Å². The Morgan fingerprint density at radius 2 is 1.93 bits per heavy atom. The van der Waals surface area contributed by atoms with Crippen LogP contribution in [0.3, 0.4) is 0 Å². The summed E-state index contributed by atoms with van der Waals surface area (Å²) in [6.07, 6.45) is 10.6. The molecule has 4 atom stereocenters. The van der Waals surface area contributed by atoms with Gasteiger partial charge in [0.1, 0.15) is 0 Å². The average Bonchev–Trinajstić information content (AvgIpc) is 2.87. The lowest BCUT2D eigenvalue weighted by atomic mass is 9.83. The molecule has 86 valence electrons. The van der Waals surface area contributed by atoms with E-state index < -0.39 is 0 Å². The summed E-state index contributed by atoms with van der Waals surface area (Å²) in [4.78, 5) is 0. The van der Waals surface area contributed by atoms with Crippen molar-refractivity contribution in [2.45, 2.75) is 52.1 Å². The number of rotatable bonds is 5. The fourth-order valence-corrected chi connectivity index (χ4v) is 3.40. The Bertz CT molecular complexity index is 229. The molecule has 0 amide bonds. The van der Waals surface area contributed by atoms with E-state index in [9.17, 15) is 5.11 Å². The van der Waals surface area contributed by atoms with Gasteiger partial charge in [-0.15, -0.1) is 0 Å². The van der Waals surface area contributed by atoms with Crippen LogP contribution in [-0.4, -0.2) is 11.2 Å². The number of fused-ring (bicyclic) bond motifs is 2. The van der Waals surface area contributed by atoms with Crippen molar-refractivity contribution in [1.82, 2.24) is 0 Å². The second-order valence-corrected chi connectivity index (χ2v) is 5.43. The molecule has 1 nitrogen and oxygen atoms in total. The third kappa shape index (κ3) is 2.28. The zero-order valence-electron chi connectivity index (χ0n) is 10.0. The second kappa shape index (κ2) is 4.69. The van der Waals surface area contributed by atoms with Gasteiger partial charge in [-0.25, -0.2) is 0 Å². The summed E-state index contributed by atoms with van der Waals surface area (Å²) in [6, 6.07) is 0. The minimum atomic E-state index is -0.0464.